The molecule has 0 amide bonds. The van der Waals surface area contributed by atoms with Crippen LogP contribution < -0.4 is 5.73 Å². The Bertz CT molecular complexity index is 228. The molecule has 3 heteroatoms. The fourth-order valence-electron chi connectivity index (χ4n) is 3.12. The van der Waals surface area contributed by atoms with Gasteiger partial charge in [-0.15, -0.1) is 0 Å². The molecule has 1 heterocycles. The van der Waals surface area contributed by atoms with Gasteiger partial charge in [-0.1, -0.05) is 26.7 Å². The van der Waals surface area contributed by atoms with Crippen LogP contribution in [0.3, 0.4) is 0 Å². The normalized spacial score (nSPS) is 36.4. The molecule has 1 aliphatic heterocycles. The predicted octanol–water partition coefficient (Wildman–Crippen LogP) is 1.61. The first-order valence-electron chi connectivity index (χ1n) is 6.73. The lowest BCUT2D eigenvalue weighted by Crippen LogP contribution is -2.49. The molecule has 94 valence electrons. The van der Waals surface area contributed by atoms with Crippen molar-refractivity contribution in [3.05, 3.63) is 0 Å². The Hall–Kier alpha value is -0.120. The van der Waals surface area contributed by atoms with Crippen molar-refractivity contribution in [1.82, 2.24) is 4.90 Å². The average Bonchev–Trinajstić information content (AvgIpc) is 2.87. The van der Waals surface area contributed by atoms with Gasteiger partial charge in [0.2, 0.25) is 0 Å². The first-order valence-corrected chi connectivity index (χ1v) is 6.73. The van der Waals surface area contributed by atoms with E-state index in [2.05, 4.69) is 18.7 Å². The average molecular weight is 226 g/mol. The summed E-state index contributed by atoms with van der Waals surface area (Å²) in [5.74, 6) is 0. The van der Waals surface area contributed by atoms with Crippen LogP contribution in [-0.4, -0.2) is 43.3 Å². The third-order valence-corrected chi connectivity index (χ3v) is 4.44. The van der Waals surface area contributed by atoms with Gasteiger partial charge < -0.3 is 10.5 Å². The zero-order chi connectivity index (χ0) is 11.6. The van der Waals surface area contributed by atoms with Gasteiger partial charge in [0.25, 0.3) is 0 Å². The van der Waals surface area contributed by atoms with E-state index < -0.39 is 0 Å². The molecule has 3 nitrogen and oxygen atoms in total. The Morgan fingerprint density at radius 3 is 2.56 bits per heavy atom. The predicted molar refractivity (Wildman–Crippen MR) is 66.4 cm³/mol. The molecule has 1 aliphatic carbocycles. The molecule has 0 spiro atoms. The Morgan fingerprint density at radius 1 is 1.38 bits per heavy atom. The highest BCUT2D eigenvalue weighted by atomic mass is 16.5. The molecule has 0 aromatic rings. The van der Waals surface area contributed by atoms with Gasteiger partial charge in [0, 0.05) is 24.0 Å². The van der Waals surface area contributed by atoms with E-state index in [1.54, 1.807) is 0 Å². The Balaban J connectivity index is 1.94. The SMILES string of the molecule is CCN(CC1(C)COCC1N)C1CCCC1. The molecule has 0 radical (unpaired) electrons. The Kier molecular flexibility index (Phi) is 3.88. The lowest BCUT2D eigenvalue weighted by atomic mass is 9.84. The van der Waals surface area contributed by atoms with Crippen molar-refractivity contribution >= 4 is 0 Å². The summed E-state index contributed by atoms with van der Waals surface area (Å²) in [7, 11) is 0. The molecule has 0 aromatic carbocycles. The van der Waals surface area contributed by atoms with Crippen LogP contribution in [0.5, 0.6) is 0 Å². The standard InChI is InChI=1S/C13H26N2O/c1-3-15(11-6-4-5-7-11)9-13(2)10-16-8-12(13)14/h11-12H,3-10,14H2,1-2H3. The third-order valence-electron chi connectivity index (χ3n) is 4.44. The molecule has 1 saturated heterocycles. The van der Waals surface area contributed by atoms with Crippen LogP contribution in [0.2, 0.25) is 0 Å². The zero-order valence-electron chi connectivity index (χ0n) is 10.7. The highest BCUT2D eigenvalue weighted by Gasteiger charge is 2.40. The summed E-state index contributed by atoms with van der Waals surface area (Å²) in [6.45, 7) is 8.36. The summed E-state index contributed by atoms with van der Waals surface area (Å²) in [5, 5.41) is 0. The maximum atomic E-state index is 6.16. The number of hydrogen-bond acceptors (Lipinski definition) is 3. The smallest absolute Gasteiger partial charge is 0.0624 e. The number of ether oxygens (including phenoxy) is 1. The van der Waals surface area contributed by atoms with E-state index in [-0.39, 0.29) is 11.5 Å². The maximum absolute atomic E-state index is 6.16. The second-order valence-corrected chi connectivity index (χ2v) is 5.78. The number of nitrogens with two attached hydrogens (primary N) is 1. The van der Waals surface area contributed by atoms with Crippen molar-refractivity contribution < 1.29 is 4.74 Å². The summed E-state index contributed by atoms with van der Waals surface area (Å²) in [4.78, 5) is 2.63. The molecular formula is C13H26N2O. The molecule has 0 aromatic heterocycles. The molecule has 2 N–H and O–H groups in total. The van der Waals surface area contributed by atoms with Crippen molar-refractivity contribution in [3.8, 4) is 0 Å². The lowest BCUT2D eigenvalue weighted by Gasteiger charge is -2.36. The quantitative estimate of drug-likeness (QED) is 0.791. The van der Waals surface area contributed by atoms with E-state index in [0.29, 0.717) is 0 Å². The molecule has 16 heavy (non-hydrogen) atoms. The molecular weight excluding hydrogens is 200 g/mol. The van der Waals surface area contributed by atoms with E-state index in [9.17, 15) is 0 Å². The topological polar surface area (TPSA) is 38.5 Å². The third kappa shape index (κ3) is 2.41. The van der Waals surface area contributed by atoms with Gasteiger partial charge in [0.05, 0.1) is 13.2 Å². The monoisotopic (exact) mass is 226 g/mol. The van der Waals surface area contributed by atoms with Crippen LogP contribution in [0.4, 0.5) is 0 Å². The van der Waals surface area contributed by atoms with Gasteiger partial charge >= 0.3 is 0 Å². The summed E-state index contributed by atoms with van der Waals surface area (Å²) >= 11 is 0. The first kappa shape index (κ1) is 12.3. The molecule has 0 bridgehead atoms. The Labute approximate surface area is 99.3 Å². The molecule has 2 rings (SSSR count). The van der Waals surface area contributed by atoms with Gasteiger partial charge in [0.1, 0.15) is 0 Å². The first-order chi connectivity index (χ1) is 7.65. The van der Waals surface area contributed by atoms with E-state index in [0.717, 1.165) is 32.3 Å². The summed E-state index contributed by atoms with van der Waals surface area (Å²) < 4.78 is 5.53. The van der Waals surface area contributed by atoms with Crippen LogP contribution in [0.1, 0.15) is 39.5 Å². The van der Waals surface area contributed by atoms with Crippen LogP contribution in [0.15, 0.2) is 0 Å². The van der Waals surface area contributed by atoms with E-state index in [4.69, 9.17) is 10.5 Å². The van der Waals surface area contributed by atoms with Crippen LogP contribution >= 0.6 is 0 Å². The lowest BCUT2D eigenvalue weighted by molar-refractivity contribution is 0.0977. The minimum Gasteiger partial charge on any atom is -0.379 e. The summed E-state index contributed by atoms with van der Waals surface area (Å²) in [6, 6.07) is 1.01. The zero-order valence-corrected chi connectivity index (χ0v) is 10.7. The fraction of sp³-hybridized carbons (Fsp3) is 1.00. The highest BCUT2D eigenvalue weighted by molar-refractivity contribution is 4.93. The van der Waals surface area contributed by atoms with E-state index >= 15 is 0 Å². The van der Waals surface area contributed by atoms with Crippen molar-refractivity contribution in [2.75, 3.05) is 26.3 Å². The van der Waals surface area contributed by atoms with Crippen molar-refractivity contribution in [3.63, 3.8) is 0 Å². The summed E-state index contributed by atoms with van der Waals surface area (Å²) in [6.07, 6.45) is 5.56. The second kappa shape index (κ2) is 5.03. The summed E-state index contributed by atoms with van der Waals surface area (Å²) in [5.41, 5.74) is 6.33. The molecule has 1 saturated carbocycles. The highest BCUT2D eigenvalue weighted by Crippen LogP contribution is 2.31. The minimum atomic E-state index is 0.165. The second-order valence-electron chi connectivity index (χ2n) is 5.78. The van der Waals surface area contributed by atoms with Gasteiger partial charge in [-0.3, -0.25) is 4.90 Å². The van der Waals surface area contributed by atoms with Crippen LogP contribution in [0, 0.1) is 5.41 Å². The molecule has 2 unspecified atom stereocenters. The largest absolute Gasteiger partial charge is 0.379 e. The Morgan fingerprint density at radius 2 is 2.06 bits per heavy atom. The molecule has 2 aliphatic rings. The van der Waals surface area contributed by atoms with E-state index in [1.165, 1.54) is 25.7 Å². The van der Waals surface area contributed by atoms with Gasteiger partial charge in [-0.25, -0.2) is 0 Å². The number of rotatable bonds is 4. The van der Waals surface area contributed by atoms with Gasteiger partial charge in [0.15, 0.2) is 0 Å². The fourth-order valence-corrected chi connectivity index (χ4v) is 3.12. The maximum Gasteiger partial charge on any atom is 0.0624 e. The van der Waals surface area contributed by atoms with Gasteiger partial charge in [-0.05, 0) is 19.4 Å². The molecule has 2 fully saturated rings. The van der Waals surface area contributed by atoms with Crippen molar-refractivity contribution in [2.24, 2.45) is 11.1 Å². The minimum absolute atomic E-state index is 0.165. The van der Waals surface area contributed by atoms with Crippen molar-refractivity contribution in [1.29, 1.82) is 0 Å². The van der Waals surface area contributed by atoms with E-state index in [1.807, 2.05) is 0 Å². The van der Waals surface area contributed by atoms with Crippen LogP contribution in [-0.2, 0) is 4.74 Å². The number of hydrogen-bond donors (Lipinski definition) is 1. The van der Waals surface area contributed by atoms with Crippen LogP contribution in [0.25, 0.3) is 0 Å². The van der Waals surface area contributed by atoms with Crippen molar-refractivity contribution in [2.45, 2.75) is 51.6 Å². The molecule has 2 atom stereocenters. The van der Waals surface area contributed by atoms with Gasteiger partial charge in [-0.2, -0.15) is 0 Å². The number of nitrogens with zero attached hydrogens (tertiary/aromatic N) is 1.